The van der Waals surface area contributed by atoms with Crippen LogP contribution in [0.25, 0.3) is 0 Å². The van der Waals surface area contributed by atoms with E-state index >= 15 is 0 Å². The van der Waals surface area contributed by atoms with E-state index in [0.717, 1.165) is 30.1 Å². The second-order valence-corrected chi connectivity index (χ2v) is 14.1. The highest BCUT2D eigenvalue weighted by atomic mass is 32.3. The van der Waals surface area contributed by atoms with E-state index in [9.17, 15) is 0 Å². The van der Waals surface area contributed by atoms with Crippen LogP contribution in [0.4, 0.5) is 0 Å². The maximum absolute atomic E-state index is 6.53. The first-order valence-electron chi connectivity index (χ1n) is 11.8. The third-order valence-electron chi connectivity index (χ3n) is 6.35. The Balaban J connectivity index is 2.24. The summed E-state index contributed by atoms with van der Waals surface area (Å²) in [7, 11) is 4.95. The van der Waals surface area contributed by atoms with Crippen molar-refractivity contribution in [1.29, 1.82) is 0 Å². The molecule has 0 bridgehead atoms. The van der Waals surface area contributed by atoms with Crippen molar-refractivity contribution in [2.75, 3.05) is 33.7 Å². The van der Waals surface area contributed by atoms with Crippen LogP contribution in [-0.4, -0.2) is 49.5 Å². The lowest BCUT2D eigenvalue weighted by Gasteiger charge is -2.45. The van der Waals surface area contributed by atoms with Crippen molar-refractivity contribution in [2.45, 2.75) is 58.2 Å². The minimum absolute atomic E-state index is 0.475. The van der Waals surface area contributed by atoms with E-state index in [2.05, 4.69) is 105 Å². The van der Waals surface area contributed by atoms with E-state index < -0.39 is 10.2 Å². The van der Waals surface area contributed by atoms with Gasteiger partial charge in [-0.15, -0.1) is 0 Å². The van der Waals surface area contributed by atoms with Crippen LogP contribution in [0.3, 0.4) is 0 Å². The van der Waals surface area contributed by atoms with Crippen LogP contribution in [0.1, 0.15) is 57.6 Å². The molecule has 0 radical (unpaired) electrons. The molecule has 1 aromatic carbocycles. The molecule has 0 aromatic heterocycles. The van der Waals surface area contributed by atoms with Crippen molar-refractivity contribution in [3.8, 4) is 0 Å². The lowest BCUT2D eigenvalue weighted by molar-refractivity contribution is 0.402. The van der Waals surface area contributed by atoms with Gasteiger partial charge in [-0.3, -0.25) is 4.99 Å². The van der Waals surface area contributed by atoms with Crippen LogP contribution in [0, 0.1) is 11.8 Å². The molecule has 0 saturated carbocycles. The molecule has 2 rings (SSSR count). The molecule has 32 heavy (non-hydrogen) atoms. The quantitative estimate of drug-likeness (QED) is 0.370. The number of aliphatic imine (C=N–C) groups is 1. The summed E-state index contributed by atoms with van der Waals surface area (Å²) < 4.78 is 3.88. The molecule has 0 heterocycles. The fraction of sp³-hybridized carbons (Fsp3) is 0.593. The molecule has 0 fully saturated rings. The number of nitrogens with two attached hydrogens (primary N) is 1. The first kappa shape index (κ1) is 26.5. The topological polar surface area (TPSA) is 53.7 Å². The van der Waals surface area contributed by atoms with Gasteiger partial charge in [-0.2, -0.15) is 10.2 Å². The molecular formula is C27H46N4S. The summed E-state index contributed by atoms with van der Waals surface area (Å²) >= 11 is 0. The average molecular weight is 459 g/mol. The van der Waals surface area contributed by atoms with Crippen LogP contribution in [-0.2, 0) is 6.54 Å². The van der Waals surface area contributed by atoms with Crippen LogP contribution in [0.5, 0.6) is 0 Å². The fourth-order valence-corrected chi connectivity index (χ4v) is 6.75. The SMILES string of the molecule is CN=C(C)C(NS(C)(C)C1C=CC(c2cccc(CN(C)C)c2)C(C)C1)=C(N)CC(C)C. The molecule has 1 aliphatic carbocycles. The first-order valence-corrected chi connectivity index (χ1v) is 14.3. The molecular weight excluding hydrogens is 412 g/mol. The lowest BCUT2D eigenvalue weighted by atomic mass is 9.80. The van der Waals surface area contributed by atoms with Gasteiger partial charge >= 0.3 is 0 Å². The Morgan fingerprint density at radius 2 is 1.94 bits per heavy atom. The summed E-state index contributed by atoms with van der Waals surface area (Å²) in [5, 5.41) is 0.505. The molecule has 1 aromatic rings. The maximum Gasteiger partial charge on any atom is 0.0828 e. The van der Waals surface area contributed by atoms with Gasteiger partial charge in [-0.1, -0.05) is 57.2 Å². The average Bonchev–Trinajstić information content (AvgIpc) is 2.70. The largest absolute Gasteiger partial charge is 0.400 e. The molecule has 3 unspecified atom stereocenters. The third kappa shape index (κ3) is 7.14. The molecule has 180 valence electrons. The highest BCUT2D eigenvalue weighted by Gasteiger charge is 2.32. The van der Waals surface area contributed by atoms with Gasteiger partial charge in [0, 0.05) is 30.5 Å². The Kier molecular flexibility index (Phi) is 9.47. The number of allylic oxidation sites excluding steroid dienone is 3. The molecule has 0 aliphatic heterocycles. The van der Waals surface area contributed by atoms with E-state index in [0.29, 0.717) is 23.0 Å². The zero-order valence-corrected chi connectivity index (χ0v) is 22.6. The van der Waals surface area contributed by atoms with Gasteiger partial charge < -0.3 is 15.4 Å². The van der Waals surface area contributed by atoms with Gasteiger partial charge in [0.1, 0.15) is 0 Å². The molecule has 4 nitrogen and oxygen atoms in total. The highest BCUT2D eigenvalue weighted by Crippen LogP contribution is 2.50. The predicted molar refractivity (Wildman–Crippen MR) is 146 cm³/mol. The van der Waals surface area contributed by atoms with Gasteiger partial charge in [0.05, 0.1) is 11.4 Å². The van der Waals surface area contributed by atoms with Gasteiger partial charge in [0.25, 0.3) is 0 Å². The minimum Gasteiger partial charge on any atom is -0.400 e. The first-order chi connectivity index (χ1) is 14.9. The molecule has 0 saturated heterocycles. The fourth-order valence-electron chi connectivity index (χ4n) is 4.53. The monoisotopic (exact) mass is 458 g/mol. The van der Waals surface area contributed by atoms with E-state index in [1.807, 2.05) is 7.05 Å². The Morgan fingerprint density at radius 1 is 1.25 bits per heavy atom. The van der Waals surface area contributed by atoms with Crippen molar-refractivity contribution in [3.63, 3.8) is 0 Å². The maximum atomic E-state index is 6.53. The number of benzene rings is 1. The van der Waals surface area contributed by atoms with Crippen LogP contribution in [0.2, 0.25) is 0 Å². The van der Waals surface area contributed by atoms with E-state index in [4.69, 9.17) is 5.73 Å². The van der Waals surface area contributed by atoms with Crippen molar-refractivity contribution in [3.05, 3.63) is 58.9 Å². The van der Waals surface area contributed by atoms with E-state index in [-0.39, 0.29) is 0 Å². The lowest BCUT2D eigenvalue weighted by Crippen LogP contribution is -2.35. The predicted octanol–water partition coefficient (Wildman–Crippen LogP) is 5.67. The number of hydrogen-bond donors (Lipinski definition) is 2. The van der Waals surface area contributed by atoms with Crippen molar-refractivity contribution in [2.24, 2.45) is 22.6 Å². The normalized spacial score (nSPS) is 23.5. The van der Waals surface area contributed by atoms with Crippen molar-refractivity contribution >= 4 is 15.9 Å². The van der Waals surface area contributed by atoms with E-state index in [1.165, 1.54) is 17.5 Å². The second-order valence-electron chi connectivity index (χ2n) is 10.5. The van der Waals surface area contributed by atoms with Gasteiger partial charge in [0.15, 0.2) is 0 Å². The van der Waals surface area contributed by atoms with Crippen LogP contribution >= 0.6 is 10.2 Å². The third-order valence-corrected chi connectivity index (χ3v) is 8.95. The summed E-state index contributed by atoms with van der Waals surface area (Å²) in [5.41, 5.74) is 12.3. The van der Waals surface area contributed by atoms with Crippen molar-refractivity contribution < 1.29 is 0 Å². The molecule has 0 spiro atoms. The van der Waals surface area contributed by atoms with E-state index in [1.54, 1.807) is 0 Å². The minimum atomic E-state index is -1.14. The van der Waals surface area contributed by atoms with Gasteiger partial charge in [0.2, 0.25) is 0 Å². The number of nitrogens with one attached hydrogen (secondary N) is 1. The van der Waals surface area contributed by atoms with Gasteiger partial charge in [-0.25, -0.2) is 0 Å². The molecule has 1 aliphatic rings. The Hall–Kier alpha value is -1.72. The molecule has 0 amide bonds. The number of nitrogens with zero attached hydrogens (tertiary/aromatic N) is 2. The Labute approximate surface area is 198 Å². The summed E-state index contributed by atoms with van der Waals surface area (Å²) in [6.07, 6.45) is 11.7. The summed E-state index contributed by atoms with van der Waals surface area (Å²) in [4.78, 5) is 6.68. The summed E-state index contributed by atoms with van der Waals surface area (Å²) in [5.74, 6) is 1.59. The second kappa shape index (κ2) is 11.4. The van der Waals surface area contributed by atoms with Crippen LogP contribution < -0.4 is 10.5 Å². The Morgan fingerprint density at radius 3 is 2.50 bits per heavy atom. The molecule has 5 heteroatoms. The summed E-state index contributed by atoms with van der Waals surface area (Å²) in [6, 6.07) is 9.11. The van der Waals surface area contributed by atoms with Crippen LogP contribution in [0.15, 0.2) is 52.8 Å². The zero-order valence-electron chi connectivity index (χ0n) is 21.8. The number of hydrogen-bond acceptors (Lipinski definition) is 4. The standard InChI is InChI=1S/C27H46N4S/c1-19(2)15-26(28)27(21(4)29-5)30-32(8,9)24-13-14-25(20(3)16-24)23-12-10-11-22(17-23)18-31(6)7/h10-14,17,19-20,24-25,30H,15-16,18,28H2,1-9H3. The Bertz CT molecular complexity index is 851. The molecule has 3 atom stereocenters. The van der Waals surface area contributed by atoms with Gasteiger partial charge in [-0.05, 0) is 69.3 Å². The summed E-state index contributed by atoms with van der Waals surface area (Å²) in [6.45, 7) is 9.85. The zero-order chi connectivity index (χ0) is 24.1. The number of rotatable bonds is 9. The molecule has 3 N–H and O–H groups in total. The van der Waals surface area contributed by atoms with Crippen molar-refractivity contribution in [1.82, 2.24) is 9.62 Å². The smallest absolute Gasteiger partial charge is 0.0828 e. The highest BCUT2D eigenvalue weighted by molar-refractivity contribution is 8.31.